The van der Waals surface area contributed by atoms with E-state index < -0.39 is 272 Å². The highest BCUT2D eigenvalue weighted by Crippen LogP contribution is 2.18. The van der Waals surface area contributed by atoms with Crippen LogP contribution in [-0.2, 0) is 120 Å². The van der Waals surface area contributed by atoms with Gasteiger partial charge in [0.05, 0.1) is 62.2 Å². The topological polar surface area (TPSA) is 836 Å². The van der Waals surface area contributed by atoms with Crippen LogP contribution in [0.4, 0.5) is 0 Å². The molecule has 3 aromatic rings. The molecule has 0 spiro atoms. The second-order valence-corrected chi connectivity index (χ2v) is 35.9. The molecule has 1 aromatic carbocycles. The molecule has 52 nitrogen and oxygen atoms in total. The number of hydrogen-bond donors (Lipinski definition) is 28. The van der Waals surface area contributed by atoms with Crippen molar-refractivity contribution < 1.29 is 116 Å². The van der Waals surface area contributed by atoms with Crippen LogP contribution < -0.4 is 124 Å². The molecule has 33 N–H and O–H groups in total. The summed E-state index contributed by atoms with van der Waals surface area (Å²) in [7, 11) is 0. The van der Waals surface area contributed by atoms with Gasteiger partial charge in [-0.25, -0.2) is 9.97 Å². The number of nitrogens with one attached hydrogen (secondary N) is 20. The number of H-pyrrole nitrogens is 2. The van der Waals surface area contributed by atoms with Crippen LogP contribution >= 0.6 is 0 Å². The zero-order chi connectivity index (χ0) is 106. The third kappa shape index (κ3) is 45.2. The SMILES string of the molecule is CC[C@H](C)[C@H](NC(=O)CNC(=O)[C@H](C)NC(=O)[C@H](C)NC(=O)[C@H](Cc1c[nH]cn1)NC(=O)[C@H](CC(N)=O)NC(=O)CNC(=O)[C@H](C)NC(=O)CNC(=O)[C@H](Cc1c[nH]cn1)NC(=O)[C@H](CC(C)C)NC(=O)[C@H](CC(C)C)NC(=O)[C@H](CCC(=O)O)NC(=O)[C@H](Cc1ccc(O)cc1)NC(=O)[C@H](C)NC(=O)[C@@H](N)CCCN=C(N)N)C(=O)N[C@@H](CC(C)C)C(=O)N[C@H](C(=O)N[C@@H](CC(C)C)C(N)=O)[C@@H](C)O. The average molecular weight is 1980 g/mol. The Morgan fingerprint density at radius 2 is 0.750 bits per heavy atom. The molecule has 0 saturated heterocycles. The maximum atomic E-state index is 14.5. The number of aromatic amines is 2. The van der Waals surface area contributed by atoms with Crippen LogP contribution in [0.25, 0.3) is 0 Å². The van der Waals surface area contributed by atoms with E-state index in [1.807, 2.05) is 0 Å². The fourth-order valence-corrected chi connectivity index (χ4v) is 13.6. The number of imidazole rings is 2. The van der Waals surface area contributed by atoms with E-state index in [0.29, 0.717) is 18.4 Å². The van der Waals surface area contributed by atoms with Crippen LogP contribution in [0.3, 0.4) is 0 Å². The van der Waals surface area contributed by atoms with Crippen LogP contribution in [0.15, 0.2) is 54.3 Å². The minimum atomic E-state index is -1.83. The first-order chi connectivity index (χ1) is 65.6. The molecule has 0 bridgehead atoms. The number of nitrogens with two attached hydrogens (primary N) is 5. The first kappa shape index (κ1) is 120. The van der Waals surface area contributed by atoms with Gasteiger partial charge in [0.2, 0.25) is 118 Å². The van der Waals surface area contributed by atoms with Gasteiger partial charge in [-0.2, -0.15) is 0 Å². The van der Waals surface area contributed by atoms with Crippen LogP contribution in [0.5, 0.6) is 5.75 Å². The molecule has 0 fully saturated rings. The summed E-state index contributed by atoms with van der Waals surface area (Å²) >= 11 is 0. The number of phenols is 1. The third-order valence-electron chi connectivity index (χ3n) is 21.4. The maximum absolute atomic E-state index is 14.5. The van der Waals surface area contributed by atoms with Crippen molar-refractivity contribution in [1.29, 1.82) is 0 Å². The van der Waals surface area contributed by atoms with Gasteiger partial charge < -0.3 is 150 Å². The number of nitrogens with zero attached hydrogens (tertiary/aromatic N) is 3. The Labute approximate surface area is 809 Å². The minimum absolute atomic E-state index is 0.0279. The lowest BCUT2D eigenvalue weighted by Crippen LogP contribution is -2.61. The Morgan fingerprint density at radius 1 is 0.386 bits per heavy atom. The zero-order valence-corrected chi connectivity index (χ0v) is 81.5. The van der Waals surface area contributed by atoms with Crippen molar-refractivity contribution in [3.8, 4) is 5.75 Å². The van der Waals surface area contributed by atoms with E-state index in [9.17, 15) is 116 Å². The molecule has 0 aliphatic heterocycles. The fraction of sp³-hybridized carbons (Fsp3) is 0.614. The predicted molar refractivity (Wildman–Crippen MR) is 504 cm³/mol. The number of carboxylic acid groups (broad SMARTS) is 1. The smallest absolute Gasteiger partial charge is 0.303 e. The van der Waals surface area contributed by atoms with Crippen LogP contribution in [0, 0.1) is 29.6 Å². The summed E-state index contributed by atoms with van der Waals surface area (Å²) in [4.78, 5) is 302. The van der Waals surface area contributed by atoms with E-state index >= 15 is 0 Å². The number of phenolic OH excluding ortho intramolecular Hbond substituents is 1. The lowest BCUT2D eigenvalue weighted by atomic mass is 9.96. The number of primary amides is 2. The number of rotatable bonds is 63. The molecule has 2 heterocycles. The molecule has 778 valence electrons. The van der Waals surface area contributed by atoms with Gasteiger partial charge in [-0.3, -0.25) is 106 Å². The Kier molecular flexibility index (Phi) is 51.5. The predicted octanol–water partition coefficient (Wildman–Crippen LogP) is -8.22. The highest BCUT2D eigenvalue weighted by molar-refractivity contribution is 6.02. The second kappa shape index (κ2) is 60.3. The van der Waals surface area contributed by atoms with E-state index in [1.54, 1.807) is 69.2 Å². The monoisotopic (exact) mass is 1980 g/mol. The number of hydrogen-bond acceptors (Lipinski definition) is 27. The Balaban J connectivity index is 1.70. The summed E-state index contributed by atoms with van der Waals surface area (Å²) in [6.07, 6.45) is 1.51. The Morgan fingerprint density at radius 3 is 1.21 bits per heavy atom. The first-order valence-corrected chi connectivity index (χ1v) is 46.0. The third-order valence-corrected chi connectivity index (χ3v) is 21.4. The number of carbonyl (C=O) groups excluding carboxylic acids is 20. The molecule has 0 aliphatic rings. The highest BCUT2D eigenvalue weighted by atomic mass is 16.4. The van der Waals surface area contributed by atoms with Crippen molar-refractivity contribution in [1.82, 2.24) is 116 Å². The number of aliphatic carboxylic acids is 1. The summed E-state index contributed by atoms with van der Waals surface area (Å²) in [5.74, 6) is -22.4. The number of guanidine groups is 1. The molecule has 20 amide bonds. The second-order valence-electron chi connectivity index (χ2n) is 35.9. The molecule has 18 atom stereocenters. The summed E-state index contributed by atoms with van der Waals surface area (Å²) < 4.78 is 0. The van der Waals surface area contributed by atoms with E-state index in [-0.39, 0.29) is 105 Å². The molecule has 140 heavy (non-hydrogen) atoms. The minimum Gasteiger partial charge on any atom is -0.508 e. The van der Waals surface area contributed by atoms with Gasteiger partial charge in [0.1, 0.15) is 96.4 Å². The maximum Gasteiger partial charge on any atom is 0.303 e. The molecule has 0 unspecified atom stereocenters. The molecule has 0 radical (unpaired) electrons. The van der Waals surface area contributed by atoms with Crippen molar-refractivity contribution in [3.63, 3.8) is 0 Å². The van der Waals surface area contributed by atoms with Gasteiger partial charge in [-0.1, -0.05) is 87.8 Å². The number of benzene rings is 1. The van der Waals surface area contributed by atoms with Gasteiger partial charge in [-0.05, 0) is 127 Å². The standard InChI is InChI=1S/C88H142N28O24/c1-16-45(10)70(86(139)114-60(29-44(8)9)85(138)116-71(50(15)117)87(140)108-57(72(91)125)26-41(2)3)115-68(122)38-98-74(127)47(12)103-75(128)48(13)105-80(133)63(32-53-35-95-40-101-53)113-84(137)64(33-65(90)119)106-67(121)37-97-73(126)46(11)102-66(120)36-99-78(131)62(31-52-34-94-39-100-52)112-82(135)59(28-43(6)7)111-81(134)58(27-42(4)5)110-79(132)56(23-24-69(123)124)107-83(136)61(30-51-19-21-54(118)22-20-51)109-76(129)49(14)104-77(130)55(89)18-17-25-96-88(92)93/h19-22,34-35,39-50,55-64,70-71,117-118H,16-18,23-33,36-38,89H2,1-15H3,(H2,90,119)(H2,91,125)(H,94,100)(H,95,101)(H,97,126)(H,98,127)(H,99,131)(H,102,120)(H,103,128)(H,104,130)(H,105,133)(H,106,121)(H,107,136)(H,108,140)(H,109,129)(H,110,132)(H,111,134)(H,112,135)(H,113,137)(H,114,139)(H,115,122)(H,116,138)(H,123,124)(H4,92,93,96)/t45-,46-,47-,48-,49-,50+,55-,56-,57-,58-,59-,60-,61-,62-,63-,64-,70-,71-/m0/s1. The van der Waals surface area contributed by atoms with Gasteiger partial charge >= 0.3 is 5.97 Å². The quantitative estimate of drug-likeness (QED) is 0.0142. The fourth-order valence-electron chi connectivity index (χ4n) is 13.6. The Bertz CT molecular complexity index is 4720. The summed E-state index contributed by atoms with van der Waals surface area (Å²) in [6.45, 7) is 21.2. The molecular formula is C88H142N28O24. The number of amides is 20. The molecule has 52 heteroatoms. The summed E-state index contributed by atoms with van der Waals surface area (Å²) in [6, 6.07) is -17.6. The van der Waals surface area contributed by atoms with Crippen molar-refractivity contribution in [3.05, 3.63) is 66.3 Å². The van der Waals surface area contributed by atoms with Gasteiger partial charge in [-0.15, -0.1) is 0 Å². The van der Waals surface area contributed by atoms with Crippen molar-refractivity contribution in [2.45, 2.75) is 290 Å². The summed E-state index contributed by atoms with van der Waals surface area (Å²) in [5, 5.41) is 74.5. The van der Waals surface area contributed by atoms with Crippen LogP contribution in [-0.4, -0.2) is 294 Å². The van der Waals surface area contributed by atoms with E-state index in [4.69, 9.17) is 28.7 Å². The van der Waals surface area contributed by atoms with Crippen LogP contribution in [0.1, 0.15) is 185 Å². The van der Waals surface area contributed by atoms with E-state index in [0.717, 1.165) is 0 Å². The van der Waals surface area contributed by atoms with Crippen LogP contribution in [0.2, 0.25) is 0 Å². The molecule has 0 aliphatic carbocycles. The molecule has 0 saturated carbocycles. The van der Waals surface area contributed by atoms with E-state index in [2.05, 4.69) is 121 Å². The van der Waals surface area contributed by atoms with Gasteiger partial charge in [0, 0.05) is 44.6 Å². The largest absolute Gasteiger partial charge is 0.508 e. The zero-order valence-electron chi connectivity index (χ0n) is 81.5. The molecule has 2 aromatic heterocycles. The average Bonchev–Trinajstić information content (AvgIpc) is 1.03. The molecular weight excluding hydrogens is 1830 g/mol. The van der Waals surface area contributed by atoms with Crippen molar-refractivity contribution >= 4 is 130 Å². The van der Waals surface area contributed by atoms with Crippen molar-refractivity contribution in [2.75, 3.05) is 26.2 Å². The first-order valence-electron chi connectivity index (χ1n) is 46.0. The number of carboxylic acids is 1. The van der Waals surface area contributed by atoms with Gasteiger partial charge in [0.25, 0.3) is 0 Å². The summed E-state index contributed by atoms with van der Waals surface area (Å²) in [5.41, 5.74) is 28.6. The van der Waals surface area contributed by atoms with Crippen molar-refractivity contribution in [2.24, 2.45) is 63.3 Å². The lowest BCUT2D eigenvalue weighted by Gasteiger charge is -2.29. The number of aliphatic hydroxyl groups excluding tert-OH is 1. The highest BCUT2D eigenvalue weighted by Gasteiger charge is 2.40. The number of aliphatic hydroxyl groups is 1. The molecule has 3 rings (SSSR count). The number of carbonyl (C=O) groups is 21. The van der Waals surface area contributed by atoms with E-state index in [1.165, 1.54) is 83.9 Å². The lowest BCUT2D eigenvalue weighted by molar-refractivity contribution is -0.139. The normalized spacial score (nSPS) is 15.0. The number of aromatic nitrogens is 4. The van der Waals surface area contributed by atoms with Gasteiger partial charge in [0.15, 0.2) is 5.96 Å². The number of aromatic hydroxyl groups is 1. The Hall–Kier alpha value is -14.5. The number of aliphatic imine (C=N–C) groups is 1.